The maximum Gasteiger partial charge on any atom is 0.339 e. The number of nitrogens with zero attached hydrogens (tertiary/aromatic N) is 1. The quantitative estimate of drug-likeness (QED) is 0.821. The molecule has 1 N–H and O–H groups in total. The molecule has 0 radical (unpaired) electrons. The van der Waals surface area contributed by atoms with Gasteiger partial charge < -0.3 is 9.84 Å². The number of benzene rings is 1. The summed E-state index contributed by atoms with van der Waals surface area (Å²) in [6, 6.07) is 7.50. The van der Waals surface area contributed by atoms with E-state index in [1.165, 1.54) is 20.0 Å². The average Bonchev–Trinajstić information content (AvgIpc) is 2.90. The minimum atomic E-state index is -1.19. The fraction of sp³-hybridized carbons (Fsp3) is 0.500. The van der Waals surface area contributed by atoms with Gasteiger partial charge in [0.2, 0.25) is 0 Å². The lowest BCUT2D eigenvalue weighted by molar-refractivity contribution is -0.150. The molecule has 1 aliphatic rings. The molecule has 0 spiro atoms. The summed E-state index contributed by atoms with van der Waals surface area (Å²) < 4.78 is 4.59. The van der Waals surface area contributed by atoms with Crippen LogP contribution in [0, 0.1) is 0 Å². The monoisotopic (exact) mass is 249 g/mol. The van der Waals surface area contributed by atoms with E-state index in [1.54, 1.807) is 6.07 Å². The first-order valence-electron chi connectivity index (χ1n) is 6.28. The van der Waals surface area contributed by atoms with Crippen molar-refractivity contribution < 1.29 is 14.6 Å². The molecule has 98 valence electrons. The highest BCUT2D eigenvalue weighted by Crippen LogP contribution is 2.22. The summed E-state index contributed by atoms with van der Waals surface area (Å²) in [6.07, 6.45) is 1.26. The van der Waals surface area contributed by atoms with E-state index in [1.807, 2.05) is 18.2 Å². The number of aliphatic hydroxyl groups is 1. The molecule has 1 fully saturated rings. The Kier molecular flexibility index (Phi) is 4.33. The number of carbonyl (C=O) groups is 1. The molecular formula is C14H19NO3. The van der Waals surface area contributed by atoms with Gasteiger partial charge in [-0.1, -0.05) is 24.3 Å². The van der Waals surface area contributed by atoms with Crippen LogP contribution < -0.4 is 0 Å². The van der Waals surface area contributed by atoms with Gasteiger partial charge in [0, 0.05) is 6.54 Å². The van der Waals surface area contributed by atoms with Crippen LogP contribution in [0.3, 0.4) is 0 Å². The van der Waals surface area contributed by atoms with Crippen LogP contribution in [0.5, 0.6) is 0 Å². The molecule has 18 heavy (non-hydrogen) atoms. The smallest absolute Gasteiger partial charge is 0.339 e. The molecule has 0 amide bonds. The molecule has 1 heterocycles. The lowest BCUT2D eigenvalue weighted by Crippen LogP contribution is -2.21. The first-order chi connectivity index (χ1) is 8.72. The fourth-order valence-electron chi connectivity index (χ4n) is 2.37. The van der Waals surface area contributed by atoms with Crippen molar-refractivity contribution in [3.05, 3.63) is 35.4 Å². The van der Waals surface area contributed by atoms with E-state index < -0.39 is 12.1 Å². The maximum atomic E-state index is 11.4. The summed E-state index contributed by atoms with van der Waals surface area (Å²) in [5, 5.41) is 9.95. The third kappa shape index (κ3) is 2.89. The predicted octanol–water partition coefficient (Wildman–Crippen LogP) is 1.49. The van der Waals surface area contributed by atoms with E-state index in [9.17, 15) is 9.90 Å². The second-order valence-electron chi connectivity index (χ2n) is 4.61. The van der Waals surface area contributed by atoms with E-state index in [2.05, 4.69) is 9.64 Å². The van der Waals surface area contributed by atoms with Gasteiger partial charge in [-0.15, -0.1) is 0 Å². The van der Waals surface area contributed by atoms with Crippen LogP contribution in [0.4, 0.5) is 0 Å². The molecule has 0 saturated carbocycles. The molecule has 1 unspecified atom stereocenters. The summed E-state index contributed by atoms with van der Waals surface area (Å²) >= 11 is 0. The number of hydrogen-bond acceptors (Lipinski definition) is 4. The van der Waals surface area contributed by atoms with E-state index in [0.29, 0.717) is 5.56 Å². The van der Waals surface area contributed by atoms with Gasteiger partial charge in [0.15, 0.2) is 6.10 Å². The Morgan fingerprint density at radius 2 is 2.06 bits per heavy atom. The highest BCUT2D eigenvalue weighted by atomic mass is 16.5. The van der Waals surface area contributed by atoms with E-state index in [-0.39, 0.29) is 0 Å². The summed E-state index contributed by atoms with van der Waals surface area (Å²) in [7, 11) is 1.29. The van der Waals surface area contributed by atoms with Crippen LogP contribution in [0.1, 0.15) is 30.1 Å². The maximum absolute atomic E-state index is 11.4. The normalized spacial score (nSPS) is 17.7. The largest absolute Gasteiger partial charge is 0.467 e. The number of likely N-dealkylation sites (tertiary alicyclic amines) is 1. The van der Waals surface area contributed by atoms with Gasteiger partial charge in [-0.05, 0) is 37.1 Å². The van der Waals surface area contributed by atoms with E-state index in [4.69, 9.17) is 0 Å². The molecular weight excluding hydrogens is 230 g/mol. The van der Waals surface area contributed by atoms with Crippen molar-refractivity contribution in [2.45, 2.75) is 25.5 Å². The van der Waals surface area contributed by atoms with Crippen molar-refractivity contribution >= 4 is 5.97 Å². The summed E-state index contributed by atoms with van der Waals surface area (Å²) in [4.78, 5) is 13.8. The van der Waals surface area contributed by atoms with Crippen molar-refractivity contribution in [2.24, 2.45) is 0 Å². The SMILES string of the molecule is COC(=O)C(O)c1ccccc1CN1CCCC1. The summed E-state index contributed by atoms with van der Waals surface area (Å²) in [5.74, 6) is -0.608. The highest BCUT2D eigenvalue weighted by Gasteiger charge is 2.22. The van der Waals surface area contributed by atoms with E-state index >= 15 is 0 Å². The topological polar surface area (TPSA) is 49.8 Å². The first-order valence-corrected chi connectivity index (χ1v) is 6.28. The van der Waals surface area contributed by atoms with E-state index in [0.717, 1.165) is 25.2 Å². The molecule has 4 heteroatoms. The predicted molar refractivity (Wildman–Crippen MR) is 67.9 cm³/mol. The second-order valence-corrected chi connectivity index (χ2v) is 4.61. The van der Waals surface area contributed by atoms with Gasteiger partial charge in [0.05, 0.1) is 7.11 Å². The zero-order valence-electron chi connectivity index (χ0n) is 10.6. The Bertz CT molecular complexity index is 413. The number of carbonyl (C=O) groups excluding carboxylic acids is 1. The molecule has 1 atom stereocenters. The first kappa shape index (κ1) is 13.1. The van der Waals surface area contributed by atoms with Crippen LogP contribution in [-0.2, 0) is 16.1 Å². The molecule has 0 aliphatic carbocycles. The number of hydrogen-bond donors (Lipinski definition) is 1. The number of rotatable bonds is 4. The Balaban J connectivity index is 2.16. The lowest BCUT2D eigenvalue weighted by Gasteiger charge is -2.19. The van der Waals surface area contributed by atoms with Crippen LogP contribution in [-0.4, -0.2) is 36.2 Å². The van der Waals surface area contributed by atoms with Crippen molar-refractivity contribution in [3.63, 3.8) is 0 Å². The minimum absolute atomic E-state index is 0.608. The standard InChI is InChI=1S/C14H19NO3/c1-18-14(17)13(16)12-7-3-2-6-11(12)10-15-8-4-5-9-15/h2-3,6-7,13,16H,4-5,8-10H2,1H3. The number of ether oxygens (including phenoxy) is 1. The van der Waals surface area contributed by atoms with Gasteiger partial charge in [0.25, 0.3) is 0 Å². The van der Waals surface area contributed by atoms with Gasteiger partial charge in [-0.2, -0.15) is 0 Å². The van der Waals surface area contributed by atoms with Crippen molar-refractivity contribution in [2.75, 3.05) is 20.2 Å². The van der Waals surface area contributed by atoms with Crippen molar-refractivity contribution in [3.8, 4) is 0 Å². The van der Waals surface area contributed by atoms with Crippen LogP contribution in [0.15, 0.2) is 24.3 Å². The second kappa shape index (κ2) is 5.98. The van der Waals surface area contributed by atoms with Crippen LogP contribution >= 0.6 is 0 Å². The third-order valence-corrected chi connectivity index (χ3v) is 3.37. The third-order valence-electron chi connectivity index (χ3n) is 3.37. The molecule has 1 aromatic rings. The minimum Gasteiger partial charge on any atom is -0.467 e. The van der Waals surface area contributed by atoms with Crippen molar-refractivity contribution in [1.82, 2.24) is 4.90 Å². The molecule has 2 rings (SSSR count). The number of methoxy groups -OCH3 is 1. The summed E-state index contributed by atoms with van der Waals surface area (Å²) in [6.45, 7) is 2.95. The number of esters is 1. The highest BCUT2D eigenvalue weighted by molar-refractivity contribution is 5.76. The molecule has 1 aliphatic heterocycles. The Labute approximate surface area is 107 Å². The number of aliphatic hydroxyl groups excluding tert-OH is 1. The molecule has 1 saturated heterocycles. The molecule has 1 aromatic carbocycles. The Hall–Kier alpha value is -1.39. The molecule has 0 bridgehead atoms. The van der Waals surface area contributed by atoms with Gasteiger partial charge in [-0.3, -0.25) is 4.90 Å². The van der Waals surface area contributed by atoms with Crippen LogP contribution in [0.25, 0.3) is 0 Å². The average molecular weight is 249 g/mol. The fourth-order valence-corrected chi connectivity index (χ4v) is 2.37. The lowest BCUT2D eigenvalue weighted by atomic mass is 10.0. The molecule has 0 aromatic heterocycles. The van der Waals surface area contributed by atoms with Crippen LogP contribution in [0.2, 0.25) is 0 Å². The van der Waals surface area contributed by atoms with Crippen molar-refractivity contribution in [1.29, 1.82) is 0 Å². The van der Waals surface area contributed by atoms with Gasteiger partial charge in [0.1, 0.15) is 0 Å². The Morgan fingerprint density at radius 3 is 2.72 bits per heavy atom. The van der Waals surface area contributed by atoms with Gasteiger partial charge in [-0.25, -0.2) is 4.79 Å². The zero-order valence-corrected chi connectivity index (χ0v) is 10.6. The summed E-state index contributed by atoms with van der Waals surface area (Å²) in [5.41, 5.74) is 1.65. The zero-order chi connectivity index (χ0) is 13.0. The molecule has 4 nitrogen and oxygen atoms in total. The Morgan fingerprint density at radius 1 is 1.39 bits per heavy atom. The van der Waals surface area contributed by atoms with Gasteiger partial charge >= 0.3 is 5.97 Å².